The Morgan fingerprint density at radius 3 is 2.64 bits per heavy atom. The van der Waals surface area contributed by atoms with E-state index in [0.29, 0.717) is 30.2 Å². The van der Waals surface area contributed by atoms with Crippen molar-refractivity contribution >= 4 is 5.82 Å². The quantitative estimate of drug-likeness (QED) is 0.812. The first-order chi connectivity index (χ1) is 10.4. The van der Waals surface area contributed by atoms with Gasteiger partial charge in [0.1, 0.15) is 5.82 Å². The summed E-state index contributed by atoms with van der Waals surface area (Å²) in [7, 11) is 0. The summed E-state index contributed by atoms with van der Waals surface area (Å²) in [6.07, 6.45) is -0.224. The van der Waals surface area contributed by atoms with Gasteiger partial charge in [0, 0.05) is 30.5 Å². The topological polar surface area (TPSA) is 46.8 Å². The highest BCUT2D eigenvalue weighted by Crippen LogP contribution is 2.31. The molecule has 0 spiro atoms. The molecule has 0 amide bonds. The predicted molar refractivity (Wildman–Crippen MR) is 74.4 cm³/mol. The van der Waals surface area contributed by atoms with Crippen molar-refractivity contribution in [3.8, 4) is 0 Å². The lowest BCUT2D eigenvalue weighted by atomic mass is 10.2. The third-order valence-electron chi connectivity index (χ3n) is 3.90. The van der Waals surface area contributed by atoms with Crippen LogP contribution in [-0.4, -0.2) is 26.1 Å². The largest absolute Gasteiger partial charge is 0.451 e. The Kier molecular flexibility index (Phi) is 3.54. The van der Waals surface area contributed by atoms with Gasteiger partial charge in [-0.25, -0.2) is 15.0 Å². The molecule has 0 bridgehead atoms. The first-order valence-corrected chi connectivity index (χ1v) is 7.02. The maximum Gasteiger partial charge on any atom is 0.451 e. The molecule has 1 aliphatic heterocycles. The number of rotatable bonds is 1. The van der Waals surface area contributed by atoms with Crippen molar-refractivity contribution in [2.45, 2.75) is 39.5 Å². The van der Waals surface area contributed by atoms with Gasteiger partial charge in [-0.3, -0.25) is 0 Å². The van der Waals surface area contributed by atoms with Crippen molar-refractivity contribution in [2.24, 2.45) is 0 Å². The maximum absolute atomic E-state index is 13.0. The molecule has 0 atom stereocenters. The summed E-state index contributed by atoms with van der Waals surface area (Å²) in [4.78, 5) is 13.3. The van der Waals surface area contributed by atoms with Crippen LogP contribution < -0.4 is 4.90 Å². The molecule has 0 fully saturated rings. The Bertz CT molecular complexity index is 692. The first-order valence-electron chi connectivity index (χ1n) is 7.02. The van der Waals surface area contributed by atoms with E-state index in [0.717, 1.165) is 18.7 Å². The molecule has 5 nitrogen and oxygen atoms in total. The van der Waals surface area contributed by atoms with Crippen LogP contribution in [0.3, 0.4) is 0 Å². The van der Waals surface area contributed by atoms with Gasteiger partial charge < -0.3 is 9.47 Å². The molecule has 0 aromatic carbocycles. The molecule has 0 unspecified atom stereocenters. The molecule has 0 saturated carbocycles. The molecule has 2 aromatic heterocycles. The van der Waals surface area contributed by atoms with Gasteiger partial charge in [-0.2, -0.15) is 13.2 Å². The monoisotopic (exact) mass is 311 g/mol. The molecule has 3 rings (SSSR count). The summed E-state index contributed by atoms with van der Waals surface area (Å²) in [5.74, 6) is -0.724. The van der Waals surface area contributed by atoms with Crippen LogP contribution in [0.5, 0.6) is 0 Å². The summed E-state index contributed by atoms with van der Waals surface area (Å²) in [6, 6.07) is 0. The zero-order valence-corrected chi connectivity index (χ0v) is 12.4. The van der Waals surface area contributed by atoms with Crippen LogP contribution in [0.2, 0.25) is 0 Å². The lowest BCUT2D eigenvalue weighted by molar-refractivity contribution is -0.145. The minimum Gasteiger partial charge on any atom is -0.350 e. The molecular formula is C14H16F3N5. The number of hydrogen-bond acceptors (Lipinski definition) is 4. The molecular weight excluding hydrogens is 295 g/mol. The van der Waals surface area contributed by atoms with Crippen LogP contribution in [0.4, 0.5) is 19.0 Å². The summed E-state index contributed by atoms with van der Waals surface area (Å²) in [5, 5.41) is 0. The molecule has 0 radical (unpaired) electrons. The smallest absolute Gasteiger partial charge is 0.350 e. The van der Waals surface area contributed by atoms with Gasteiger partial charge in [-0.05, 0) is 20.3 Å². The van der Waals surface area contributed by atoms with Crippen molar-refractivity contribution in [3.05, 3.63) is 35.3 Å². The van der Waals surface area contributed by atoms with Crippen molar-refractivity contribution in [2.75, 3.05) is 11.4 Å². The average molecular weight is 311 g/mol. The fourth-order valence-electron chi connectivity index (χ4n) is 2.62. The fourth-order valence-corrected chi connectivity index (χ4v) is 2.62. The second-order valence-electron chi connectivity index (χ2n) is 5.43. The Labute approximate surface area is 125 Å². The van der Waals surface area contributed by atoms with Crippen molar-refractivity contribution in [3.63, 3.8) is 0 Å². The molecule has 22 heavy (non-hydrogen) atoms. The van der Waals surface area contributed by atoms with E-state index in [1.165, 1.54) is 0 Å². The lowest BCUT2D eigenvalue weighted by Crippen LogP contribution is -2.27. The van der Waals surface area contributed by atoms with E-state index in [-0.39, 0.29) is 0 Å². The molecule has 0 saturated heterocycles. The van der Waals surface area contributed by atoms with Crippen LogP contribution in [0.25, 0.3) is 0 Å². The average Bonchev–Trinajstić information content (AvgIpc) is 2.78. The van der Waals surface area contributed by atoms with Crippen LogP contribution >= 0.6 is 0 Å². The zero-order valence-electron chi connectivity index (χ0n) is 12.4. The Morgan fingerprint density at radius 2 is 1.91 bits per heavy atom. The van der Waals surface area contributed by atoms with Crippen molar-refractivity contribution < 1.29 is 13.2 Å². The van der Waals surface area contributed by atoms with Gasteiger partial charge in [-0.1, -0.05) is 0 Å². The lowest BCUT2D eigenvalue weighted by Gasteiger charge is -2.24. The van der Waals surface area contributed by atoms with E-state index >= 15 is 0 Å². The van der Waals surface area contributed by atoms with E-state index in [1.807, 2.05) is 9.47 Å². The van der Waals surface area contributed by atoms with Crippen LogP contribution in [-0.2, 0) is 19.3 Å². The number of halogens is 3. The van der Waals surface area contributed by atoms with Gasteiger partial charge in [0.2, 0.25) is 5.82 Å². The highest BCUT2D eigenvalue weighted by atomic mass is 19.4. The number of hydrogen-bond donors (Lipinski definition) is 0. The number of alkyl halides is 3. The molecule has 0 aliphatic carbocycles. The predicted octanol–water partition coefficient (Wildman–Crippen LogP) is 2.72. The number of fused-ring (bicyclic) bond motifs is 1. The Hall–Kier alpha value is -2.12. The van der Waals surface area contributed by atoms with E-state index < -0.39 is 12.0 Å². The van der Waals surface area contributed by atoms with E-state index in [1.54, 1.807) is 26.4 Å². The highest BCUT2D eigenvalue weighted by Gasteiger charge is 2.36. The van der Waals surface area contributed by atoms with E-state index in [2.05, 4.69) is 15.0 Å². The van der Waals surface area contributed by atoms with E-state index in [9.17, 15) is 13.2 Å². The molecule has 2 aromatic rings. The van der Waals surface area contributed by atoms with Gasteiger partial charge in [0.15, 0.2) is 0 Å². The minimum absolute atomic E-state index is 0.356. The number of anilines is 1. The van der Waals surface area contributed by atoms with Crippen LogP contribution in [0, 0.1) is 13.8 Å². The maximum atomic E-state index is 13.0. The van der Waals surface area contributed by atoms with Crippen molar-refractivity contribution in [1.29, 1.82) is 0 Å². The third-order valence-corrected chi connectivity index (χ3v) is 3.90. The number of aromatic nitrogens is 4. The number of nitrogens with zero attached hydrogens (tertiary/aromatic N) is 5. The molecule has 1 aliphatic rings. The zero-order chi connectivity index (χ0) is 15.9. The van der Waals surface area contributed by atoms with Crippen LogP contribution in [0.15, 0.2) is 12.5 Å². The van der Waals surface area contributed by atoms with Gasteiger partial charge in [0.05, 0.1) is 18.6 Å². The van der Waals surface area contributed by atoms with Gasteiger partial charge >= 0.3 is 6.18 Å². The number of aryl methyl sites for hydroxylation is 2. The number of imidazole rings is 1. The third kappa shape index (κ3) is 2.65. The second kappa shape index (κ2) is 5.26. The Balaban J connectivity index is 2.02. The van der Waals surface area contributed by atoms with Crippen LogP contribution in [0.1, 0.15) is 29.2 Å². The summed E-state index contributed by atoms with van der Waals surface area (Å²) in [5.41, 5.74) is 2.01. The van der Waals surface area contributed by atoms with Gasteiger partial charge in [0.25, 0.3) is 0 Å². The van der Waals surface area contributed by atoms with Gasteiger partial charge in [-0.15, -0.1) is 0 Å². The molecule has 118 valence electrons. The van der Waals surface area contributed by atoms with E-state index in [4.69, 9.17) is 0 Å². The summed E-state index contributed by atoms with van der Waals surface area (Å²) in [6.45, 7) is 5.29. The Morgan fingerprint density at radius 1 is 1.14 bits per heavy atom. The SMILES string of the molecule is Cc1nc(C(F)(F)F)nc(N2CCCn3cncc3C2)c1C. The summed E-state index contributed by atoms with van der Waals surface area (Å²) >= 11 is 0. The summed E-state index contributed by atoms with van der Waals surface area (Å²) < 4.78 is 40.9. The first kappa shape index (κ1) is 14.8. The molecule has 3 heterocycles. The van der Waals surface area contributed by atoms with Crippen molar-refractivity contribution in [1.82, 2.24) is 19.5 Å². The minimum atomic E-state index is -4.54. The molecule has 0 N–H and O–H groups in total. The highest BCUT2D eigenvalue weighted by molar-refractivity contribution is 5.49. The fraction of sp³-hybridized carbons (Fsp3) is 0.500. The normalized spacial score (nSPS) is 15.6. The molecule has 8 heteroatoms. The standard InChI is InChI=1S/C14H16F3N5/c1-9-10(2)19-13(14(15,16)17)20-12(9)21-4-3-5-22-8-18-6-11(22)7-21/h6,8H,3-5,7H2,1-2H3. The second-order valence-corrected chi connectivity index (χ2v) is 5.43.